The van der Waals surface area contributed by atoms with Crippen LogP contribution >= 0.6 is 30.8 Å². The van der Waals surface area contributed by atoms with E-state index in [1.807, 2.05) is 6.07 Å². The van der Waals surface area contributed by atoms with Gasteiger partial charge in [0.25, 0.3) is 15.9 Å². The van der Waals surface area contributed by atoms with Gasteiger partial charge in [-0.15, -0.1) is 0 Å². The van der Waals surface area contributed by atoms with Crippen LogP contribution in [0.1, 0.15) is 28.4 Å². The zero-order chi connectivity index (χ0) is 29.2. The van der Waals surface area contributed by atoms with Crippen LogP contribution in [-0.4, -0.2) is 29.9 Å². The molecule has 0 aromatic heterocycles. The molecule has 0 saturated heterocycles. The number of carbonyl (C=O) groups excluding carboxylic acids is 1. The maximum atomic E-state index is 13.7. The van der Waals surface area contributed by atoms with Gasteiger partial charge in [0.2, 0.25) is 0 Å². The fraction of sp³-hybridized carbons (Fsp3) is 0.111. The van der Waals surface area contributed by atoms with Crippen LogP contribution in [-0.2, 0) is 21.1 Å². The van der Waals surface area contributed by atoms with Gasteiger partial charge < -0.3 is 15.1 Å². The van der Waals surface area contributed by atoms with Gasteiger partial charge in [-0.1, -0.05) is 53.5 Å². The Morgan fingerprint density at radius 2 is 1.68 bits per heavy atom. The molecule has 1 atom stereocenters. The summed E-state index contributed by atoms with van der Waals surface area (Å²) >= 11 is 12.0. The average molecular weight is 618 g/mol. The minimum Gasteiger partial charge on any atom is -0.348 e. The number of nitrogens with one attached hydrogen (secondary N) is 1. The molecule has 206 valence electrons. The highest BCUT2D eigenvalue weighted by Crippen LogP contribution is 2.46. The lowest BCUT2D eigenvalue weighted by Crippen LogP contribution is -2.38. The molecule has 1 amide bonds. The normalized spacial score (nSPS) is 12.5. The molecule has 9 nitrogen and oxygen atoms in total. The van der Waals surface area contributed by atoms with Crippen molar-refractivity contribution in [2.75, 3.05) is 4.31 Å². The van der Waals surface area contributed by atoms with E-state index in [1.165, 1.54) is 24.3 Å². The summed E-state index contributed by atoms with van der Waals surface area (Å²) in [4.78, 5) is 32.5. The van der Waals surface area contributed by atoms with Gasteiger partial charge in [-0.3, -0.25) is 13.7 Å². The van der Waals surface area contributed by atoms with E-state index in [-0.39, 0.29) is 33.1 Å². The third-order valence-corrected chi connectivity index (χ3v) is 9.79. The fourth-order valence-corrected chi connectivity index (χ4v) is 7.44. The van der Waals surface area contributed by atoms with Crippen LogP contribution in [0.15, 0.2) is 83.8 Å². The van der Waals surface area contributed by atoms with Crippen LogP contribution in [0.25, 0.3) is 10.8 Å². The lowest BCUT2D eigenvalue weighted by atomic mass is 10.0. The van der Waals surface area contributed by atoms with Gasteiger partial charge in [0.05, 0.1) is 22.2 Å². The Hall–Kier alpha value is -3.42. The largest absolute Gasteiger partial charge is 0.348 e. The van der Waals surface area contributed by atoms with Crippen LogP contribution in [0.3, 0.4) is 0 Å². The number of amides is 1. The van der Waals surface area contributed by atoms with E-state index in [0.29, 0.717) is 26.2 Å². The molecule has 0 aliphatic heterocycles. The first-order valence-corrected chi connectivity index (χ1v) is 15.5. The lowest BCUT2D eigenvalue weighted by molar-refractivity contribution is 0.0952. The third-order valence-electron chi connectivity index (χ3n) is 6.12. The van der Waals surface area contributed by atoms with Crippen LogP contribution in [0, 0.1) is 11.3 Å². The second-order valence-electron chi connectivity index (χ2n) is 8.83. The number of sulfonamides is 1. The highest BCUT2D eigenvalue weighted by Gasteiger charge is 2.39. The number of halogens is 2. The Kier molecular flexibility index (Phi) is 8.57. The van der Waals surface area contributed by atoms with Gasteiger partial charge in [-0.25, -0.2) is 8.42 Å². The molecule has 4 aromatic carbocycles. The third kappa shape index (κ3) is 6.31. The van der Waals surface area contributed by atoms with Gasteiger partial charge >= 0.3 is 7.60 Å². The van der Waals surface area contributed by atoms with E-state index < -0.39 is 23.4 Å². The molecule has 0 bridgehead atoms. The molecule has 0 saturated carbocycles. The summed E-state index contributed by atoms with van der Waals surface area (Å²) in [5, 5.41) is 12.8. The Morgan fingerprint density at radius 3 is 2.27 bits per heavy atom. The van der Waals surface area contributed by atoms with Crippen molar-refractivity contribution in [3.8, 4) is 6.07 Å². The van der Waals surface area contributed by atoms with Crippen LogP contribution in [0.5, 0.6) is 0 Å². The van der Waals surface area contributed by atoms with Gasteiger partial charge in [-0.2, -0.15) is 5.26 Å². The number of hydrogen-bond acceptors (Lipinski definition) is 5. The molecule has 4 rings (SSSR count). The van der Waals surface area contributed by atoms with Gasteiger partial charge in [0.15, 0.2) is 0 Å². The summed E-state index contributed by atoms with van der Waals surface area (Å²) < 4.78 is 40.2. The maximum absolute atomic E-state index is 13.7. The van der Waals surface area contributed by atoms with Crippen molar-refractivity contribution >= 4 is 63.2 Å². The standard InChI is InChI=1S/C27H22Cl2N3O6PS/c1-17(39(34,35)36)32(40(37,38)24-13-21(28)12-22(29)14-24)23-9-10-25-20(11-23)3-2-4-26(25)27(33)31-16-19-7-5-18(15-30)6-8-19/h2-14,17H,16H2,1H3,(H,31,33)(H2,34,35,36). The first-order valence-electron chi connectivity index (χ1n) is 11.7. The molecular weight excluding hydrogens is 596 g/mol. The van der Waals surface area contributed by atoms with E-state index in [4.69, 9.17) is 28.5 Å². The van der Waals surface area contributed by atoms with E-state index in [0.717, 1.165) is 24.6 Å². The van der Waals surface area contributed by atoms with Crippen molar-refractivity contribution in [1.82, 2.24) is 5.32 Å². The van der Waals surface area contributed by atoms with Crippen molar-refractivity contribution in [1.29, 1.82) is 5.26 Å². The predicted molar refractivity (Wildman–Crippen MR) is 154 cm³/mol. The zero-order valence-corrected chi connectivity index (χ0v) is 24.0. The number of nitrogens with zero attached hydrogens (tertiary/aromatic N) is 2. The monoisotopic (exact) mass is 617 g/mol. The number of hydrogen-bond donors (Lipinski definition) is 3. The highest BCUT2D eigenvalue weighted by atomic mass is 35.5. The smallest absolute Gasteiger partial charge is 0.348 e. The Bertz CT molecular complexity index is 1780. The van der Waals surface area contributed by atoms with Gasteiger partial charge in [0, 0.05) is 22.2 Å². The molecule has 0 aliphatic carbocycles. The lowest BCUT2D eigenvalue weighted by Gasteiger charge is -2.31. The minimum atomic E-state index is -4.95. The fourth-order valence-electron chi connectivity index (χ4n) is 4.06. The van der Waals surface area contributed by atoms with E-state index in [2.05, 4.69) is 5.32 Å². The summed E-state index contributed by atoms with van der Waals surface area (Å²) in [5.74, 6) is -2.16. The number of carbonyl (C=O) groups is 1. The quantitative estimate of drug-likeness (QED) is 0.216. The average Bonchev–Trinajstić information content (AvgIpc) is 2.90. The molecule has 0 fully saturated rings. The number of rotatable bonds is 8. The van der Waals surface area contributed by atoms with E-state index in [9.17, 15) is 27.6 Å². The second kappa shape index (κ2) is 11.6. The van der Waals surface area contributed by atoms with Crippen LogP contribution in [0.4, 0.5) is 5.69 Å². The number of benzene rings is 4. The Balaban J connectivity index is 1.73. The number of fused-ring (bicyclic) bond motifs is 1. The number of anilines is 1. The topological polar surface area (TPSA) is 148 Å². The number of nitriles is 1. The summed E-state index contributed by atoms with van der Waals surface area (Å²) in [7, 11) is -9.50. The molecule has 40 heavy (non-hydrogen) atoms. The summed E-state index contributed by atoms with van der Waals surface area (Å²) in [6.45, 7) is 1.31. The molecule has 0 aliphatic rings. The first kappa shape index (κ1) is 29.6. The predicted octanol–water partition coefficient (Wildman–Crippen LogP) is 5.67. The van der Waals surface area contributed by atoms with Crippen molar-refractivity contribution in [2.24, 2.45) is 0 Å². The van der Waals surface area contributed by atoms with E-state index in [1.54, 1.807) is 42.5 Å². The molecule has 0 radical (unpaired) electrons. The molecule has 0 heterocycles. The van der Waals surface area contributed by atoms with Crippen molar-refractivity contribution in [2.45, 2.75) is 24.1 Å². The minimum absolute atomic E-state index is 0.0324. The maximum Gasteiger partial charge on any atom is 0.348 e. The van der Waals surface area contributed by atoms with Crippen molar-refractivity contribution in [3.63, 3.8) is 0 Å². The second-order valence-corrected chi connectivity index (χ2v) is 13.4. The highest BCUT2D eigenvalue weighted by molar-refractivity contribution is 7.93. The van der Waals surface area contributed by atoms with Gasteiger partial charge in [0.1, 0.15) is 5.78 Å². The first-order chi connectivity index (χ1) is 18.8. The van der Waals surface area contributed by atoms with E-state index >= 15 is 0 Å². The summed E-state index contributed by atoms with van der Waals surface area (Å²) in [6, 6.07) is 21.6. The molecule has 3 N–H and O–H groups in total. The Labute approximate surface area is 240 Å². The van der Waals surface area contributed by atoms with Gasteiger partial charge in [-0.05, 0) is 71.8 Å². The summed E-state index contributed by atoms with van der Waals surface area (Å²) in [6.07, 6.45) is 0. The molecule has 13 heteroatoms. The van der Waals surface area contributed by atoms with Crippen LogP contribution in [0.2, 0.25) is 10.0 Å². The molecule has 4 aromatic rings. The van der Waals surface area contributed by atoms with Crippen LogP contribution < -0.4 is 9.62 Å². The van der Waals surface area contributed by atoms with Crippen molar-refractivity contribution < 1.29 is 27.6 Å². The molecule has 1 unspecified atom stereocenters. The SMILES string of the molecule is CC(N(c1ccc2c(C(=O)NCc3ccc(C#N)cc3)cccc2c1)S(=O)(=O)c1cc(Cl)cc(Cl)c1)P(=O)(O)O. The zero-order valence-electron chi connectivity index (χ0n) is 20.8. The van der Waals surface area contributed by atoms with Crippen molar-refractivity contribution in [3.05, 3.63) is 106 Å². The molecule has 0 spiro atoms. The molecular formula is C27H22Cl2N3O6PS. The summed E-state index contributed by atoms with van der Waals surface area (Å²) in [5.41, 5.74) is 1.58. The Morgan fingerprint density at radius 1 is 1.02 bits per heavy atom.